The molecule has 0 spiro atoms. The van der Waals surface area contributed by atoms with Gasteiger partial charge in [-0.15, -0.1) is 0 Å². The summed E-state index contributed by atoms with van der Waals surface area (Å²) in [5, 5.41) is 3.11. The van der Waals surface area contributed by atoms with Gasteiger partial charge in [0.25, 0.3) is 0 Å². The van der Waals surface area contributed by atoms with Crippen molar-refractivity contribution in [2.75, 3.05) is 27.2 Å². The van der Waals surface area contributed by atoms with Gasteiger partial charge in [0.05, 0.1) is 12.2 Å². The third-order valence-electron chi connectivity index (χ3n) is 3.76. The van der Waals surface area contributed by atoms with E-state index in [2.05, 4.69) is 39.6 Å². The standard InChI is InChI=1S/C20H26N4O/c1-24(2)20(25)16-22-15-19-13-18(10-12-23-19)14-21-11-6-9-17-7-4-3-5-8-17/h3-5,7-8,10,12-14,22H,6,9,11,15-16H2,1-2H3. The Labute approximate surface area is 149 Å². The molecule has 0 saturated heterocycles. The summed E-state index contributed by atoms with van der Waals surface area (Å²) in [6, 6.07) is 14.4. The highest BCUT2D eigenvalue weighted by Crippen LogP contribution is 2.03. The molecule has 1 aromatic heterocycles. The summed E-state index contributed by atoms with van der Waals surface area (Å²) in [6.07, 6.45) is 5.74. The molecule has 5 nitrogen and oxygen atoms in total. The van der Waals surface area contributed by atoms with Crippen molar-refractivity contribution in [3.05, 3.63) is 65.5 Å². The van der Waals surface area contributed by atoms with Crippen LogP contribution in [0.4, 0.5) is 0 Å². The molecule has 1 amide bonds. The normalized spacial score (nSPS) is 11.0. The molecule has 25 heavy (non-hydrogen) atoms. The number of carbonyl (C=O) groups is 1. The van der Waals surface area contributed by atoms with Crippen molar-refractivity contribution < 1.29 is 4.79 Å². The van der Waals surface area contributed by atoms with Crippen molar-refractivity contribution >= 4 is 12.1 Å². The molecule has 0 saturated carbocycles. The quantitative estimate of drug-likeness (QED) is 0.564. The maximum Gasteiger partial charge on any atom is 0.236 e. The minimum Gasteiger partial charge on any atom is -0.348 e. The van der Waals surface area contributed by atoms with E-state index in [1.807, 2.05) is 24.4 Å². The number of benzene rings is 1. The van der Waals surface area contributed by atoms with Crippen molar-refractivity contribution in [2.24, 2.45) is 4.99 Å². The Hall–Kier alpha value is -2.53. The first-order chi connectivity index (χ1) is 12.1. The van der Waals surface area contributed by atoms with Crippen LogP contribution in [0.5, 0.6) is 0 Å². The number of aryl methyl sites for hydroxylation is 1. The number of hydrogen-bond acceptors (Lipinski definition) is 4. The van der Waals surface area contributed by atoms with Crippen LogP contribution in [-0.2, 0) is 17.8 Å². The molecular weight excluding hydrogens is 312 g/mol. The molecule has 0 aliphatic carbocycles. The lowest BCUT2D eigenvalue weighted by atomic mass is 10.1. The second-order valence-corrected chi connectivity index (χ2v) is 6.10. The average Bonchev–Trinajstić information content (AvgIpc) is 2.62. The molecule has 2 rings (SSSR count). The van der Waals surface area contributed by atoms with Crippen LogP contribution in [0.3, 0.4) is 0 Å². The summed E-state index contributed by atoms with van der Waals surface area (Å²) in [4.78, 5) is 21.9. The zero-order chi connectivity index (χ0) is 17.9. The number of nitrogens with one attached hydrogen (secondary N) is 1. The van der Waals surface area contributed by atoms with E-state index in [0.717, 1.165) is 30.6 Å². The Bertz CT molecular complexity index is 683. The predicted octanol–water partition coefficient (Wildman–Crippen LogP) is 2.31. The van der Waals surface area contributed by atoms with Crippen LogP contribution in [-0.4, -0.2) is 49.2 Å². The number of aromatic nitrogens is 1. The topological polar surface area (TPSA) is 57.6 Å². The van der Waals surface area contributed by atoms with E-state index in [4.69, 9.17) is 0 Å². The van der Waals surface area contributed by atoms with Crippen LogP contribution in [0.1, 0.15) is 23.2 Å². The molecule has 0 bridgehead atoms. The van der Waals surface area contributed by atoms with Gasteiger partial charge in [0, 0.05) is 39.6 Å². The summed E-state index contributed by atoms with van der Waals surface area (Å²) in [7, 11) is 3.49. The van der Waals surface area contributed by atoms with Crippen LogP contribution < -0.4 is 5.32 Å². The van der Waals surface area contributed by atoms with Crippen LogP contribution in [0.15, 0.2) is 53.7 Å². The first kappa shape index (κ1) is 18.8. The zero-order valence-electron chi connectivity index (χ0n) is 15.0. The minimum atomic E-state index is 0.0520. The van der Waals surface area contributed by atoms with Gasteiger partial charge in [0.1, 0.15) is 0 Å². The molecule has 1 aromatic carbocycles. The van der Waals surface area contributed by atoms with Crippen molar-refractivity contribution in [3.63, 3.8) is 0 Å². The molecule has 132 valence electrons. The number of hydrogen-bond donors (Lipinski definition) is 1. The number of rotatable bonds is 9. The summed E-state index contributed by atoms with van der Waals surface area (Å²) < 4.78 is 0. The van der Waals surface area contributed by atoms with Crippen LogP contribution in [0, 0.1) is 0 Å². The largest absolute Gasteiger partial charge is 0.348 e. The first-order valence-electron chi connectivity index (χ1n) is 8.54. The molecule has 0 aliphatic rings. The molecule has 0 aliphatic heterocycles. The van der Waals surface area contributed by atoms with E-state index in [1.165, 1.54) is 5.56 Å². The van der Waals surface area contributed by atoms with E-state index in [-0.39, 0.29) is 5.91 Å². The minimum absolute atomic E-state index is 0.0520. The maximum atomic E-state index is 11.5. The number of nitrogens with zero attached hydrogens (tertiary/aromatic N) is 3. The van der Waals surface area contributed by atoms with Gasteiger partial charge in [-0.1, -0.05) is 30.3 Å². The lowest BCUT2D eigenvalue weighted by Gasteiger charge is -2.10. The second-order valence-electron chi connectivity index (χ2n) is 6.10. The van der Waals surface area contributed by atoms with Gasteiger partial charge in [-0.25, -0.2) is 0 Å². The van der Waals surface area contributed by atoms with Crippen molar-refractivity contribution in [1.82, 2.24) is 15.2 Å². The van der Waals surface area contributed by atoms with Crippen molar-refractivity contribution in [2.45, 2.75) is 19.4 Å². The smallest absolute Gasteiger partial charge is 0.236 e. The van der Waals surface area contributed by atoms with Crippen LogP contribution >= 0.6 is 0 Å². The first-order valence-corrected chi connectivity index (χ1v) is 8.54. The Morgan fingerprint density at radius 3 is 2.80 bits per heavy atom. The summed E-state index contributed by atoms with van der Waals surface area (Å²) in [5.74, 6) is 0.0520. The molecule has 5 heteroatoms. The van der Waals surface area contributed by atoms with Gasteiger partial charge in [0.2, 0.25) is 5.91 Å². The average molecular weight is 338 g/mol. The van der Waals surface area contributed by atoms with E-state index in [1.54, 1.807) is 25.2 Å². The van der Waals surface area contributed by atoms with E-state index in [9.17, 15) is 4.79 Å². The molecule has 0 radical (unpaired) electrons. The van der Waals surface area contributed by atoms with Gasteiger partial charge < -0.3 is 10.2 Å². The van der Waals surface area contributed by atoms with Crippen molar-refractivity contribution in [1.29, 1.82) is 0 Å². The molecule has 0 fully saturated rings. The Morgan fingerprint density at radius 1 is 1.24 bits per heavy atom. The maximum absolute atomic E-state index is 11.5. The SMILES string of the molecule is CN(C)C(=O)CNCc1cc(C=NCCCc2ccccc2)ccn1. The highest BCUT2D eigenvalue weighted by Gasteiger charge is 2.03. The number of likely N-dealkylation sites (N-methyl/N-ethyl adjacent to an activating group) is 1. The van der Waals surface area contributed by atoms with Crippen molar-refractivity contribution in [3.8, 4) is 0 Å². The Morgan fingerprint density at radius 2 is 2.04 bits per heavy atom. The number of aliphatic imine (C=N–C) groups is 1. The second kappa shape index (κ2) is 10.4. The van der Waals surface area contributed by atoms with Crippen LogP contribution in [0.2, 0.25) is 0 Å². The van der Waals surface area contributed by atoms with E-state index < -0.39 is 0 Å². The third-order valence-corrected chi connectivity index (χ3v) is 3.76. The van der Waals surface area contributed by atoms with Gasteiger partial charge >= 0.3 is 0 Å². The van der Waals surface area contributed by atoms with E-state index >= 15 is 0 Å². The van der Waals surface area contributed by atoms with Crippen LogP contribution in [0.25, 0.3) is 0 Å². The summed E-state index contributed by atoms with van der Waals surface area (Å²) in [5.41, 5.74) is 3.28. The number of carbonyl (C=O) groups excluding carboxylic acids is 1. The third kappa shape index (κ3) is 7.27. The Balaban J connectivity index is 1.73. The van der Waals surface area contributed by atoms with Gasteiger partial charge in [-0.2, -0.15) is 0 Å². The zero-order valence-corrected chi connectivity index (χ0v) is 15.0. The monoisotopic (exact) mass is 338 g/mol. The lowest BCUT2D eigenvalue weighted by Crippen LogP contribution is -2.32. The number of pyridine rings is 1. The van der Waals surface area contributed by atoms with Gasteiger partial charge in [-0.05, 0) is 36.1 Å². The fraction of sp³-hybridized carbons (Fsp3) is 0.350. The fourth-order valence-corrected chi connectivity index (χ4v) is 2.32. The fourth-order valence-electron chi connectivity index (χ4n) is 2.32. The molecule has 1 N–H and O–H groups in total. The van der Waals surface area contributed by atoms with Gasteiger partial charge in [-0.3, -0.25) is 14.8 Å². The summed E-state index contributed by atoms with van der Waals surface area (Å²) >= 11 is 0. The van der Waals surface area contributed by atoms with Gasteiger partial charge in [0.15, 0.2) is 0 Å². The summed E-state index contributed by atoms with van der Waals surface area (Å²) in [6.45, 7) is 1.68. The predicted molar refractivity (Wildman–Crippen MR) is 102 cm³/mol. The molecule has 1 heterocycles. The van der Waals surface area contributed by atoms with E-state index in [0.29, 0.717) is 13.1 Å². The molecule has 0 atom stereocenters. The lowest BCUT2D eigenvalue weighted by molar-refractivity contribution is -0.127. The Kier molecular flexibility index (Phi) is 7.79. The molecule has 0 unspecified atom stereocenters. The highest BCUT2D eigenvalue weighted by molar-refractivity contribution is 5.79. The molecular formula is C20H26N4O. The highest BCUT2D eigenvalue weighted by atomic mass is 16.2. The molecule has 2 aromatic rings. The number of amides is 1.